The maximum absolute atomic E-state index is 13.4. The molecule has 0 aliphatic rings. The predicted octanol–water partition coefficient (Wildman–Crippen LogP) is 2.73. The van der Waals surface area contributed by atoms with Crippen molar-refractivity contribution in [1.29, 1.82) is 0 Å². The Balaban J connectivity index is 2.34. The molecule has 0 bridgehead atoms. The number of nitrogens with one attached hydrogen (secondary N) is 1. The van der Waals surface area contributed by atoms with Crippen molar-refractivity contribution < 1.29 is 8.60 Å². The lowest BCUT2D eigenvalue weighted by Gasteiger charge is -2.09. The first-order valence-corrected chi connectivity index (χ1v) is 7.47. The lowest BCUT2D eigenvalue weighted by Crippen LogP contribution is -2.21. The Morgan fingerprint density at radius 2 is 2.24 bits per heavy atom. The molecule has 0 amide bonds. The van der Waals surface area contributed by atoms with Crippen molar-refractivity contribution in [3.8, 4) is 0 Å². The van der Waals surface area contributed by atoms with E-state index in [4.69, 9.17) is 11.6 Å². The fourth-order valence-corrected chi connectivity index (χ4v) is 1.97. The minimum absolute atomic E-state index is 0.164. The average molecular weight is 278 g/mol. The van der Waals surface area contributed by atoms with Gasteiger partial charge in [-0.25, -0.2) is 4.39 Å². The molecule has 0 saturated heterocycles. The standard InChI is InChI=1S/C12H17ClFNOS/c1-9(17(2)16)5-6-15-8-10-3-4-11(13)7-12(10)14/h3-4,7,9,15H,5-6,8H2,1-2H3/t9-,17-/m1/s1. The van der Waals surface area contributed by atoms with Crippen LogP contribution in [0.2, 0.25) is 5.02 Å². The molecule has 17 heavy (non-hydrogen) atoms. The largest absolute Gasteiger partial charge is 0.313 e. The van der Waals surface area contributed by atoms with Crippen LogP contribution in [-0.2, 0) is 17.3 Å². The van der Waals surface area contributed by atoms with E-state index in [2.05, 4.69) is 5.32 Å². The minimum Gasteiger partial charge on any atom is -0.313 e. The summed E-state index contributed by atoms with van der Waals surface area (Å²) in [4.78, 5) is 0. The van der Waals surface area contributed by atoms with Gasteiger partial charge in [0.1, 0.15) is 5.82 Å². The molecule has 0 heterocycles. The number of benzene rings is 1. The maximum Gasteiger partial charge on any atom is 0.129 e. The Morgan fingerprint density at radius 1 is 1.53 bits per heavy atom. The molecule has 0 aromatic heterocycles. The van der Waals surface area contributed by atoms with Gasteiger partial charge in [-0.15, -0.1) is 0 Å². The topological polar surface area (TPSA) is 29.1 Å². The highest BCUT2D eigenvalue weighted by Crippen LogP contribution is 2.14. The maximum atomic E-state index is 13.4. The molecule has 1 N–H and O–H groups in total. The zero-order valence-electron chi connectivity index (χ0n) is 10.0. The van der Waals surface area contributed by atoms with E-state index in [1.165, 1.54) is 6.07 Å². The summed E-state index contributed by atoms with van der Waals surface area (Å²) in [7, 11) is -0.797. The van der Waals surface area contributed by atoms with Gasteiger partial charge in [-0.2, -0.15) is 0 Å². The van der Waals surface area contributed by atoms with E-state index in [1.807, 2.05) is 6.92 Å². The molecule has 96 valence electrons. The summed E-state index contributed by atoms with van der Waals surface area (Å²) in [6, 6.07) is 4.65. The summed E-state index contributed by atoms with van der Waals surface area (Å²) in [5.41, 5.74) is 0.597. The van der Waals surface area contributed by atoms with Crippen LogP contribution in [0.25, 0.3) is 0 Å². The van der Waals surface area contributed by atoms with Gasteiger partial charge in [0.15, 0.2) is 0 Å². The van der Waals surface area contributed by atoms with Gasteiger partial charge in [-0.05, 0) is 25.1 Å². The van der Waals surface area contributed by atoms with Crippen LogP contribution < -0.4 is 5.32 Å². The van der Waals surface area contributed by atoms with Gasteiger partial charge in [0.2, 0.25) is 0 Å². The van der Waals surface area contributed by atoms with Crippen molar-refractivity contribution in [2.24, 2.45) is 0 Å². The second-order valence-corrected chi connectivity index (χ2v) is 6.25. The van der Waals surface area contributed by atoms with Crippen molar-refractivity contribution in [3.05, 3.63) is 34.6 Å². The van der Waals surface area contributed by atoms with Crippen molar-refractivity contribution in [2.75, 3.05) is 12.8 Å². The Morgan fingerprint density at radius 3 is 2.82 bits per heavy atom. The molecule has 0 fully saturated rings. The lowest BCUT2D eigenvalue weighted by atomic mass is 10.2. The van der Waals surface area contributed by atoms with E-state index >= 15 is 0 Å². The van der Waals surface area contributed by atoms with Crippen LogP contribution in [0.3, 0.4) is 0 Å². The third-order valence-corrected chi connectivity index (χ3v) is 4.23. The first-order valence-electron chi connectivity index (χ1n) is 5.47. The van der Waals surface area contributed by atoms with E-state index in [0.29, 0.717) is 17.1 Å². The Kier molecular flexibility index (Phi) is 6.09. The monoisotopic (exact) mass is 277 g/mol. The van der Waals surface area contributed by atoms with E-state index in [-0.39, 0.29) is 11.1 Å². The summed E-state index contributed by atoms with van der Waals surface area (Å²) in [6.07, 6.45) is 2.52. The molecule has 0 radical (unpaired) electrons. The highest BCUT2D eigenvalue weighted by atomic mass is 35.5. The molecule has 5 heteroatoms. The summed E-state index contributed by atoms with van der Waals surface area (Å²) in [5, 5.41) is 3.70. The van der Waals surface area contributed by atoms with E-state index in [9.17, 15) is 8.60 Å². The number of hydrogen-bond donors (Lipinski definition) is 1. The van der Waals surface area contributed by atoms with Crippen LogP contribution in [-0.4, -0.2) is 22.3 Å². The first kappa shape index (κ1) is 14.6. The second-order valence-electron chi connectivity index (χ2n) is 4.01. The molecule has 0 aliphatic carbocycles. The quantitative estimate of drug-likeness (QED) is 0.810. The second kappa shape index (κ2) is 7.09. The van der Waals surface area contributed by atoms with Crippen LogP contribution in [0, 0.1) is 5.82 Å². The minimum atomic E-state index is -0.797. The van der Waals surface area contributed by atoms with Gasteiger partial charge in [0, 0.05) is 39.4 Å². The molecular weight excluding hydrogens is 261 g/mol. The molecule has 0 unspecified atom stereocenters. The van der Waals surface area contributed by atoms with Crippen LogP contribution in [0.5, 0.6) is 0 Å². The van der Waals surface area contributed by atoms with E-state index in [0.717, 1.165) is 13.0 Å². The molecular formula is C12H17ClFNOS. The molecule has 1 aromatic carbocycles. The van der Waals surface area contributed by atoms with Gasteiger partial charge < -0.3 is 5.32 Å². The Bertz CT molecular complexity index is 400. The SMILES string of the molecule is C[C@H](CCNCc1ccc(Cl)cc1F)[S@@](C)=O. The van der Waals surface area contributed by atoms with Crippen molar-refractivity contribution >= 4 is 22.4 Å². The molecule has 1 aromatic rings. The van der Waals surface area contributed by atoms with Crippen LogP contribution in [0.4, 0.5) is 4.39 Å². The van der Waals surface area contributed by atoms with Gasteiger partial charge in [0.25, 0.3) is 0 Å². The fraction of sp³-hybridized carbons (Fsp3) is 0.500. The normalized spacial score (nSPS) is 14.6. The zero-order valence-corrected chi connectivity index (χ0v) is 11.6. The molecule has 0 spiro atoms. The van der Waals surface area contributed by atoms with E-state index in [1.54, 1.807) is 18.4 Å². The summed E-state index contributed by atoms with van der Waals surface area (Å²) in [5.74, 6) is -0.294. The molecule has 0 aliphatic heterocycles. The zero-order chi connectivity index (χ0) is 12.8. The van der Waals surface area contributed by atoms with Crippen molar-refractivity contribution in [1.82, 2.24) is 5.32 Å². The van der Waals surface area contributed by atoms with Crippen LogP contribution >= 0.6 is 11.6 Å². The summed E-state index contributed by atoms with van der Waals surface area (Å²) in [6.45, 7) is 3.13. The predicted molar refractivity (Wildman–Crippen MR) is 71.3 cm³/mol. The Hall–Kier alpha value is -0.450. The molecule has 0 saturated carbocycles. The summed E-state index contributed by atoms with van der Waals surface area (Å²) < 4.78 is 24.5. The van der Waals surface area contributed by atoms with Crippen LogP contribution in [0.1, 0.15) is 18.9 Å². The smallest absolute Gasteiger partial charge is 0.129 e. The third kappa shape index (κ3) is 5.15. The van der Waals surface area contributed by atoms with E-state index < -0.39 is 10.8 Å². The highest BCUT2D eigenvalue weighted by molar-refractivity contribution is 7.84. The van der Waals surface area contributed by atoms with Crippen molar-refractivity contribution in [2.45, 2.75) is 25.1 Å². The Labute approximate surface area is 109 Å². The third-order valence-electron chi connectivity index (χ3n) is 2.62. The summed E-state index contributed by atoms with van der Waals surface area (Å²) >= 11 is 5.66. The molecule has 2 nitrogen and oxygen atoms in total. The number of hydrogen-bond acceptors (Lipinski definition) is 2. The fourth-order valence-electron chi connectivity index (χ4n) is 1.36. The molecule has 1 rings (SSSR count). The average Bonchev–Trinajstić information content (AvgIpc) is 2.26. The van der Waals surface area contributed by atoms with Gasteiger partial charge in [-0.3, -0.25) is 4.21 Å². The molecule has 2 atom stereocenters. The van der Waals surface area contributed by atoms with Gasteiger partial charge in [-0.1, -0.05) is 24.6 Å². The lowest BCUT2D eigenvalue weighted by molar-refractivity contribution is 0.579. The van der Waals surface area contributed by atoms with Gasteiger partial charge >= 0.3 is 0 Å². The van der Waals surface area contributed by atoms with Crippen LogP contribution in [0.15, 0.2) is 18.2 Å². The van der Waals surface area contributed by atoms with Crippen molar-refractivity contribution in [3.63, 3.8) is 0 Å². The first-order chi connectivity index (χ1) is 8.00. The highest BCUT2D eigenvalue weighted by Gasteiger charge is 2.06. The van der Waals surface area contributed by atoms with Gasteiger partial charge in [0.05, 0.1) is 0 Å². The number of halogens is 2. The number of rotatable bonds is 6.